The van der Waals surface area contributed by atoms with Crippen molar-refractivity contribution in [2.75, 3.05) is 13.2 Å². The molecular formula is C9H20O2S2. The minimum Gasteiger partial charge on any atom is -0.396 e. The van der Waals surface area contributed by atoms with E-state index < -0.39 is 0 Å². The van der Waals surface area contributed by atoms with Crippen LogP contribution in [0.15, 0.2) is 0 Å². The number of unbranched alkanes of at least 4 members (excludes halogenated alkanes) is 1. The van der Waals surface area contributed by atoms with Gasteiger partial charge in [-0.25, -0.2) is 0 Å². The summed E-state index contributed by atoms with van der Waals surface area (Å²) in [5, 5.41) is 17.8. The molecule has 2 nitrogen and oxygen atoms in total. The average molecular weight is 224 g/mol. The molecule has 0 aliphatic rings. The predicted octanol–water partition coefficient (Wildman–Crippen LogP) is 1.52. The highest BCUT2D eigenvalue weighted by Gasteiger charge is 2.03. The van der Waals surface area contributed by atoms with Crippen molar-refractivity contribution >= 4 is 25.3 Å². The van der Waals surface area contributed by atoms with Crippen LogP contribution < -0.4 is 0 Å². The zero-order valence-corrected chi connectivity index (χ0v) is 9.68. The van der Waals surface area contributed by atoms with Gasteiger partial charge in [-0.05, 0) is 19.3 Å². The summed E-state index contributed by atoms with van der Waals surface area (Å²) in [5.41, 5.74) is 0. The van der Waals surface area contributed by atoms with E-state index in [-0.39, 0.29) is 18.5 Å². The molecule has 2 unspecified atom stereocenters. The van der Waals surface area contributed by atoms with Gasteiger partial charge in [-0.2, -0.15) is 25.3 Å². The van der Waals surface area contributed by atoms with Crippen molar-refractivity contribution in [1.29, 1.82) is 0 Å². The molecule has 0 aliphatic heterocycles. The second kappa shape index (κ2) is 9.19. The van der Waals surface area contributed by atoms with Crippen molar-refractivity contribution in [2.24, 2.45) is 0 Å². The van der Waals surface area contributed by atoms with Gasteiger partial charge in [-0.1, -0.05) is 12.8 Å². The summed E-state index contributed by atoms with van der Waals surface area (Å²) in [7, 11) is 0. The molecule has 0 rings (SSSR count). The highest BCUT2D eigenvalue weighted by Crippen LogP contribution is 2.13. The van der Waals surface area contributed by atoms with Gasteiger partial charge in [0.05, 0.1) is 6.61 Å². The molecule has 0 saturated carbocycles. The third kappa shape index (κ3) is 8.94. The molecule has 0 heterocycles. The van der Waals surface area contributed by atoms with Crippen molar-refractivity contribution in [3.8, 4) is 0 Å². The van der Waals surface area contributed by atoms with Gasteiger partial charge in [0.15, 0.2) is 0 Å². The summed E-state index contributed by atoms with van der Waals surface area (Å²) in [5.74, 6) is 0. The number of aliphatic hydroxyl groups excluding tert-OH is 2. The molecule has 13 heavy (non-hydrogen) atoms. The van der Waals surface area contributed by atoms with Crippen molar-refractivity contribution in [1.82, 2.24) is 0 Å². The first kappa shape index (κ1) is 13.6. The Morgan fingerprint density at radius 3 is 1.85 bits per heavy atom. The molecule has 0 bridgehead atoms. The van der Waals surface area contributed by atoms with Crippen LogP contribution in [-0.2, 0) is 0 Å². The van der Waals surface area contributed by atoms with Gasteiger partial charge in [0, 0.05) is 17.1 Å². The zero-order valence-electron chi connectivity index (χ0n) is 7.89. The van der Waals surface area contributed by atoms with Gasteiger partial charge >= 0.3 is 0 Å². The van der Waals surface area contributed by atoms with Gasteiger partial charge in [0.25, 0.3) is 0 Å². The Morgan fingerprint density at radius 1 is 0.846 bits per heavy atom. The zero-order chi connectivity index (χ0) is 10.1. The first-order valence-electron chi connectivity index (χ1n) is 4.78. The average Bonchev–Trinajstić information content (AvgIpc) is 2.12. The Kier molecular flexibility index (Phi) is 9.62. The van der Waals surface area contributed by atoms with Crippen LogP contribution in [0.5, 0.6) is 0 Å². The van der Waals surface area contributed by atoms with Crippen molar-refractivity contribution in [3.05, 3.63) is 0 Å². The molecule has 0 fully saturated rings. The number of thiol groups is 2. The van der Waals surface area contributed by atoms with Gasteiger partial charge in [-0.15, -0.1) is 0 Å². The second-order valence-electron chi connectivity index (χ2n) is 3.29. The van der Waals surface area contributed by atoms with E-state index in [2.05, 4.69) is 25.3 Å². The van der Waals surface area contributed by atoms with Gasteiger partial charge < -0.3 is 10.2 Å². The number of hydrogen-bond acceptors (Lipinski definition) is 4. The monoisotopic (exact) mass is 224 g/mol. The molecule has 0 aromatic heterocycles. The van der Waals surface area contributed by atoms with E-state index in [1.165, 1.54) is 0 Å². The van der Waals surface area contributed by atoms with Crippen molar-refractivity contribution in [3.63, 3.8) is 0 Å². The standard InChI is InChI=1S/C9H20O2S2/c10-6-5-8(12)3-1-2-4-9(13)7-11/h8-13H,1-7H2. The van der Waals surface area contributed by atoms with E-state index in [0.29, 0.717) is 5.25 Å². The second-order valence-corrected chi connectivity index (χ2v) is 4.75. The molecule has 2 N–H and O–H groups in total. The maximum Gasteiger partial charge on any atom is 0.0547 e. The summed E-state index contributed by atoms with van der Waals surface area (Å²) in [6, 6.07) is 0. The molecule has 80 valence electrons. The van der Waals surface area contributed by atoms with Crippen LogP contribution in [0.2, 0.25) is 0 Å². The Balaban J connectivity index is 3.15. The summed E-state index contributed by atoms with van der Waals surface area (Å²) in [6.07, 6.45) is 4.95. The number of aliphatic hydroxyl groups is 2. The lowest BCUT2D eigenvalue weighted by Gasteiger charge is -2.09. The lowest BCUT2D eigenvalue weighted by Crippen LogP contribution is -2.05. The number of rotatable bonds is 8. The van der Waals surface area contributed by atoms with E-state index in [9.17, 15) is 0 Å². The molecular weight excluding hydrogens is 204 g/mol. The minimum absolute atomic E-state index is 0.121. The minimum atomic E-state index is 0.121. The Bertz CT molecular complexity index is 112. The number of hydrogen-bond donors (Lipinski definition) is 4. The summed E-state index contributed by atoms with van der Waals surface area (Å²) >= 11 is 8.52. The third-order valence-corrected chi connectivity index (χ3v) is 2.94. The van der Waals surface area contributed by atoms with E-state index in [0.717, 1.165) is 32.1 Å². The summed E-state index contributed by atoms with van der Waals surface area (Å²) in [4.78, 5) is 0. The van der Waals surface area contributed by atoms with Crippen LogP contribution in [0, 0.1) is 0 Å². The van der Waals surface area contributed by atoms with Gasteiger partial charge in [0.1, 0.15) is 0 Å². The molecule has 0 aliphatic carbocycles. The lowest BCUT2D eigenvalue weighted by atomic mass is 10.1. The van der Waals surface area contributed by atoms with Crippen LogP contribution in [0.3, 0.4) is 0 Å². The topological polar surface area (TPSA) is 40.5 Å². The molecule has 0 aromatic rings. The highest BCUT2D eigenvalue weighted by molar-refractivity contribution is 7.81. The first-order chi connectivity index (χ1) is 6.20. The molecule has 2 atom stereocenters. The fourth-order valence-corrected chi connectivity index (χ4v) is 1.63. The molecule has 0 spiro atoms. The van der Waals surface area contributed by atoms with E-state index in [1.54, 1.807) is 0 Å². The fourth-order valence-electron chi connectivity index (χ4n) is 1.14. The van der Waals surface area contributed by atoms with E-state index >= 15 is 0 Å². The third-order valence-electron chi connectivity index (χ3n) is 2.00. The maximum absolute atomic E-state index is 8.70. The summed E-state index contributed by atoms with van der Waals surface area (Å²) in [6.45, 7) is 0.379. The Labute approximate surface area is 91.6 Å². The van der Waals surface area contributed by atoms with Crippen molar-refractivity contribution in [2.45, 2.75) is 42.6 Å². The SMILES string of the molecule is OCCC(S)CCCCC(S)CO. The quantitative estimate of drug-likeness (QED) is 0.373. The summed E-state index contributed by atoms with van der Waals surface area (Å²) < 4.78 is 0. The van der Waals surface area contributed by atoms with Gasteiger partial charge in [-0.3, -0.25) is 0 Å². The molecule has 0 radical (unpaired) electrons. The van der Waals surface area contributed by atoms with Crippen LogP contribution in [-0.4, -0.2) is 33.9 Å². The fraction of sp³-hybridized carbons (Fsp3) is 1.00. The lowest BCUT2D eigenvalue weighted by molar-refractivity contribution is 0.283. The highest BCUT2D eigenvalue weighted by atomic mass is 32.1. The predicted molar refractivity (Wildman–Crippen MR) is 62.8 cm³/mol. The van der Waals surface area contributed by atoms with E-state index in [4.69, 9.17) is 10.2 Å². The molecule has 0 aromatic carbocycles. The molecule has 0 amide bonds. The van der Waals surface area contributed by atoms with Gasteiger partial charge in [0.2, 0.25) is 0 Å². The largest absolute Gasteiger partial charge is 0.396 e. The smallest absolute Gasteiger partial charge is 0.0547 e. The Hall–Kier alpha value is 0.620. The maximum atomic E-state index is 8.70. The Morgan fingerprint density at radius 2 is 1.38 bits per heavy atom. The first-order valence-corrected chi connectivity index (χ1v) is 5.81. The van der Waals surface area contributed by atoms with Crippen LogP contribution in [0.4, 0.5) is 0 Å². The van der Waals surface area contributed by atoms with Crippen LogP contribution in [0.1, 0.15) is 32.1 Å². The van der Waals surface area contributed by atoms with Crippen LogP contribution in [0.25, 0.3) is 0 Å². The van der Waals surface area contributed by atoms with Crippen molar-refractivity contribution < 1.29 is 10.2 Å². The normalized spacial score (nSPS) is 15.7. The molecule has 4 heteroatoms. The molecule has 0 saturated heterocycles. The van der Waals surface area contributed by atoms with E-state index in [1.807, 2.05) is 0 Å². The van der Waals surface area contributed by atoms with Crippen LogP contribution >= 0.6 is 25.3 Å².